The van der Waals surface area contributed by atoms with Gasteiger partial charge in [-0.25, -0.2) is 0 Å². The van der Waals surface area contributed by atoms with E-state index in [4.69, 9.17) is 8.92 Å². The van der Waals surface area contributed by atoms with Gasteiger partial charge in [-0.2, -0.15) is 13.7 Å². The van der Waals surface area contributed by atoms with Crippen LogP contribution in [0.5, 0.6) is 11.5 Å². The molecule has 0 fully saturated rings. The molecule has 0 aliphatic rings. The Hall–Kier alpha value is -4.35. The molecule has 0 spiro atoms. The highest BCUT2D eigenvalue weighted by Crippen LogP contribution is 2.37. The molecule has 0 aromatic heterocycles. The van der Waals surface area contributed by atoms with Gasteiger partial charge in [-0.15, -0.1) is 6.58 Å². The SMILES string of the molecule is C=CCc1cc(/C=C(\C#N)C(=O)Nc2cccc(C)c2C)cc(OCC)c1OS(=O)(=O)c1ccc(C)cc1. The number of rotatable bonds is 10. The number of nitrogens with one attached hydrogen (secondary N) is 1. The van der Waals surface area contributed by atoms with Crippen LogP contribution in [0.15, 0.2) is 77.7 Å². The van der Waals surface area contributed by atoms with E-state index in [1.807, 2.05) is 39.0 Å². The topological polar surface area (TPSA) is 105 Å². The van der Waals surface area contributed by atoms with E-state index in [2.05, 4.69) is 11.9 Å². The molecule has 7 nitrogen and oxygen atoms in total. The number of carbonyl (C=O) groups is 1. The molecule has 0 radical (unpaired) electrons. The minimum atomic E-state index is -4.15. The highest BCUT2D eigenvalue weighted by molar-refractivity contribution is 7.87. The number of carbonyl (C=O) groups excluding carboxylic acids is 1. The second kappa shape index (κ2) is 12.3. The molecule has 0 saturated heterocycles. The van der Waals surface area contributed by atoms with Crippen molar-refractivity contribution in [1.29, 1.82) is 5.26 Å². The molecular weight excluding hydrogens is 500 g/mol. The van der Waals surface area contributed by atoms with Crippen molar-refractivity contribution in [3.8, 4) is 17.6 Å². The molecule has 3 aromatic carbocycles. The molecule has 3 rings (SSSR count). The van der Waals surface area contributed by atoms with E-state index in [-0.39, 0.29) is 35.0 Å². The van der Waals surface area contributed by atoms with Crippen LogP contribution in [0.25, 0.3) is 6.08 Å². The summed E-state index contributed by atoms with van der Waals surface area (Å²) in [6.45, 7) is 11.4. The normalized spacial score (nSPS) is 11.4. The molecule has 0 aliphatic heterocycles. The van der Waals surface area contributed by atoms with Gasteiger partial charge in [0.25, 0.3) is 5.91 Å². The summed E-state index contributed by atoms with van der Waals surface area (Å²) in [4.78, 5) is 12.9. The van der Waals surface area contributed by atoms with Crippen molar-refractivity contribution < 1.29 is 22.1 Å². The zero-order valence-electron chi connectivity index (χ0n) is 21.9. The van der Waals surface area contributed by atoms with E-state index in [1.54, 1.807) is 43.3 Å². The van der Waals surface area contributed by atoms with Crippen LogP contribution >= 0.6 is 0 Å². The number of nitriles is 1. The van der Waals surface area contributed by atoms with Crippen LogP contribution in [-0.4, -0.2) is 20.9 Å². The van der Waals surface area contributed by atoms with Gasteiger partial charge in [0.05, 0.1) is 6.61 Å². The Bertz CT molecular complexity index is 1530. The van der Waals surface area contributed by atoms with Gasteiger partial charge in [0.15, 0.2) is 11.5 Å². The lowest BCUT2D eigenvalue weighted by Gasteiger charge is -2.17. The standard InChI is InChI=1S/C30H30N2O5S/c1-6-9-24-16-23(17-25(19-31)30(33)32-27-11-8-10-21(4)22(27)5)18-28(36-7-2)29(24)37-38(34,35)26-14-12-20(3)13-15-26/h6,8,10-18H,1,7,9H2,2-5H3,(H,32,33)/b25-17+. The van der Waals surface area contributed by atoms with Gasteiger partial charge in [-0.05, 0) is 87.2 Å². The Morgan fingerprint density at radius 3 is 2.45 bits per heavy atom. The first kappa shape index (κ1) is 28.2. The molecule has 8 heteroatoms. The summed E-state index contributed by atoms with van der Waals surface area (Å²) in [6.07, 6.45) is 3.28. The highest BCUT2D eigenvalue weighted by Gasteiger charge is 2.23. The molecule has 38 heavy (non-hydrogen) atoms. The number of nitrogens with zero attached hydrogens (tertiary/aromatic N) is 1. The Labute approximate surface area is 224 Å². The molecule has 0 saturated carbocycles. The van der Waals surface area contributed by atoms with Gasteiger partial charge in [-0.3, -0.25) is 4.79 Å². The van der Waals surface area contributed by atoms with Gasteiger partial charge >= 0.3 is 10.1 Å². The number of aryl methyl sites for hydroxylation is 2. The lowest BCUT2D eigenvalue weighted by atomic mass is 10.0. The predicted molar refractivity (Wildman–Crippen MR) is 149 cm³/mol. The van der Waals surface area contributed by atoms with Crippen molar-refractivity contribution in [1.82, 2.24) is 0 Å². The lowest BCUT2D eigenvalue weighted by molar-refractivity contribution is -0.112. The molecule has 0 aliphatic carbocycles. The van der Waals surface area contributed by atoms with Gasteiger partial charge < -0.3 is 14.2 Å². The molecule has 0 unspecified atom stereocenters. The number of hydrogen-bond donors (Lipinski definition) is 1. The minimum Gasteiger partial charge on any atom is -0.490 e. The van der Waals surface area contributed by atoms with E-state index < -0.39 is 16.0 Å². The zero-order valence-corrected chi connectivity index (χ0v) is 22.7. The van der Waals surface area contributed by atoms with Crippen LogP contribution < -0.4 is 14.2 Å². The second-order valence-electron chi connectivity index (χ2n) is 8.66. The van der Waals surface area contributed by atoms with Crippen LogP contribution in [0.3, 0.4) is 0 Å². The van der Waals surface area contributed by atoms with E-state index in [9.17, 15) is 18.5 Å². The van der Waals surface area contributed by atoms with Crippen LogP contribution in [0.1, 0.15) is 34.7 Å². The van der Waals surface area contributed by atoms with E-state index in [0.29, 0.717) is 16.8 Å². The Balaban J connectivity index is 2.03. The largest absolute Gasteiger partial charge is 0.490 e. The van der Waals surface area contributed by atoms with Gasteiger partial charge in [0.1, 0.15) is 16.5 Å². The summed E-state index contributed by atoms with van der Waals surface area (Å²) in [5, 5.41) is 12.5. The number of ether oxygens (including phenoxy) is 1. The fourth-order valence-electron chi connectivity index (χ4n) is 3.69. The number of anilines is 1. The van der Waals surface area contributed by atoms with Crippen LogP contribution in [-0.2, 0) is 21.3 Å². The predicted octanol–water partition coefficient (Wildman–Crippen LogP) is 6.05. The molecular formula is C30H30N2O5S. The summed E-state index contributed by atoms with van der Waals surface area (Å²) in [7, 11) is -4.15. The number of hydrogen-bond acceptors (Lipinski definition) is 6. The molecule has 196 valence electrons. The first-order valence-corrected chi connectivity index (χ1v) is 13.4. The summed E-state index contributed by atoms with van der Waals surface area (Å²) in [6, 6.07) is 17.0. The van der Waals surface area contributed by atoms with Crippen molar-refractivity contribution in [3.63, 3.8) is 0 Å². The summed E-state index contributed by atoms with van der Waals surface area (Å²) >= 11 is 0. The zero-order chi connectivity index (χ0) is 27.9. The molecule has 3 aromatic rings. The van der Waals surface area contributed by atoms with Crippen molar-refractivity contribution in [3.05, 3.63) is 101 Å². The third-order valence-electron chi connectivity index (χ3n) is 5.85. The van der Waals surface area contributed by atoms with Crippen molar-refractivity contribution >= 4 is 27.8 Å². The van der Waals surface area contributed by atoms with Crippen LogP contribution in [0.2, 0.25) is 0 Å². The van der Waals surface area contributed by atoms with Crippen LogP contribution in [0.4, 0.5) is 5.69 Å². The first-order chi connectivity index (χ1) is 18.1. The molecule has 1 N–H and O–H groups in total. The monoisotopic (exact) mass is 530 g/mol. The van der Waals surface area contributed by atoms with Crippen molar-refractivity contribution in [2.75, 3.05) is 11.9 Å². The number of amides is 1. The average molecular weight is 531 g/mol. The third-order valence-corrected chi connectivity index (χ3v) is 7.09. The number of benzene rings is 3. The summed E-state index contributed by atoms with van der Waals surface area (Å²) in [5.74, 6) is -0.365. The van der Waals surface area contributed by atoms with Gasteiger partial charge in [0.2, 0.25) is 0 Å². The van der Waals surface area contributed by atoms with Crippen molar-refractivity contribution in [2.24, 2.45) is 0 Å². The minimum absolute atomic E-state index is 0.00829. The van der Waals surface area contributed by atoms with E-state index in [1.165, 1.54) is 18.2 Å². The summed E-state index contributed by atoms with van der Waals surface area (Å²) in [5.41, 5.74) is 4.26. The lowest BCUT2D eigenvalue weighted by Crippen LogP contribution is -2.14. The van der Waals surface area contributed by atoms with E-state index >= 15 is 0 Å². The molecule has 1 amide bonds. The maximum absolute atomic E-state index is 13.0. The first-order valence-electron chi connectivity index (χ1n) is 12.0. The van der Waals surface area contributed by atoms with E-state index in [0.717, 1.165) is 16.7 Å². The maximum atomic E-state index is 13.0. The van der Waals surface area contributed by atoms with Gasteiger partial charge in [-0.1, -0.05) is 35.9 Å². The smallest absolute Gasteiger partial charge is 0.339 e. The molecule has 0 bridgehead atoms. The van der Waals surface area contributed by atoms with Crippen molar-refractivity contribution in [2.45, 2.75) is 39.0 Å². The van der Waals surface area contributed by atoms with Crippen LogP contribution in [0, 0.1) is 32.1 Å². The Kier molecular flexibility index (Phi) is 9.11. The van der Waals surface area contributed by atoms with Gasteiger partial charge in [0, 0.05) is 11.3 Å². The third kappa shape index (κ3) is 6.69. The maximum Gasteiger partial charge on any atom is 0.339 e. The molecule has 0 atom stereocenters. The summed E-state index contributed by atoms with van der Waals surface area (Å²) < 4.78 is 37.4. The fourth-order valence-corrected chi connectivity index (χ4v) is 4.66. The Morgan fingerprint density at radius 2 is 1.82 bits per heavy atom. The molecule has 0 heterocycles. The quantitative estimate of drug-likeness (QED) is 0.148. The number of allylic oxidation sites excluding steroid dienone is 1. The second-order valence-corrected chi connectivity index (χ2v) is 10.2. The Morgan fingerprint density at radius 1 is 1.11 bits per heavy atom. The highest BCUT2D eigenvalue weighted by atomic mass is 32.2. The average Bonchev–Trinajstić information content (AvgIpc) is 2.87. The fraction of sp³-hybridized carbons (Fsp3) is 0.200.